The Morgan fingerprint density at radius 3 is 2.82 bits per heavy atom. The zero-order chi connectivity index (χ0) is 15.9. The third-order valence-electron chi connectivity index (χ3n) is 2.97. The maximum Gasteiger partial charge on any atom is 0.228 e. The van der Waals surface area contributed by atoms with Crippen molar-refractivity contribution < 1.29 is 14.6 Å². The largest absolute Gasteiger partial charge is 0.486 e. The van der Waals surface area contributed by atoms with E-state index in [-0.39, 0.29) is 18.9 Å². The molecule has 7 heteroatoms. The predicted octanol–water partition coefficient (Wildman–Crippen LogP) is 2.37. The highest BCUT2D eigenvalue weighted by Crippen LogP contribution is 2.18. The summed E-state index contributed by atoms with van der Waals surface area (Å²) in [7, 11) is 1.66. The number of likely N-dealkylation sites (N-methyl/N-ethyl adjacent to an activating group) is 1. The number of carbonyl (C=O) groups is 1. The number of amides is 1. The third kappa shape index (κ3) is 4.98. The number of thiazole rings is 1. The molecule has 0 atom stereocenters. The number of halogens is 1. The number of carbonyl (C=O) groups excluding carboxylic acids is 1. The van der Waals surface area contributed by atoms with E-state index in [1.54, 1.807) is 31.3 Å². The highest BCUT2D eigenvalue weighted by Gasteiger charge is 2.12. The van der Waals surface area contributed by atoms with E-state index in [9.17, 15) is 4.79 Å². The molecule has 2 aromatic rings. The molecule has 118 valence electrons. The van der Waals surface area contributed by atoms with Gasteiger partial charge in [0.1, 0.15) is 17.4 Å². The van der Waals surface area contributed by atoms with Crippen LogP contribution < -0.4 is 4.74 Å². The zero-order valence-electron chi connectivity index (χ0n) is 12.2. The Hall–Kier alpha value is -1.63. The van der Waals surface area contributed by atoms with E-state index in [1.807, 2.05) is 5.38 Å². The average Bonchev–Trinajstić information content (AvgIpc) is 2.94. The summed E-state index contributed by atoms with van der Waals surface area (Å²) < 4.78 is 5.61. The van der Waals surface area contributed by atoms with Crippen LogP contribution in [-0.4, -0.2) is 41.1 Å². The predicted molar refractivity (Wildman–Crippen MR) is 86.3 cm³/mol. The van der Waals surface area contributed by atoms with E-state index in [2.05, 4.69) is 4.98 Å². The van der Waals surface area contributed by atoms with Gasteiger partial charge >= 0.3 is 0 Å². The lowest BCUT2D eigenvalue weighted by molar-refractivity contribution is -0.129. The summed E-state index contributed by atoms with van der Waals surface area (Å²) >= 11 is 7.27. The number of rotatable bonds is 7. The molecule has 2 rings (SSSR count). The second-order valence-corrected chi connectivity index (χ2v) is 6.07. The molecule has 0 bridgehead atoms. The number of aromatic nitrogens is 1. The molecule has 5 nitrogen and oxygen atoms in total. The normalized spacial score (nSPS) is 10.5. The van der Waals surface area contributed by atoms with Crippen molar-refractivity contribution in [2.75, 3.05) is 20.2 Å². The lowest BCUT2D eigenvalue weighted by Crippen LogP contribution is -2.30. The highest BCUT2D eigenvalue weighted by atomic mass is 35.5. The van der Waals surface area contributed by atoms with Crippen LogP contribution in [0.15, 0.2) is 29.6 Å². The van der Waals surface area contributed by atoms with Crippen LogP contribution in [0.2, 0.25) is 5.02 Å². The maximum atomic E-state index is 11.9. The molecule has 1 N–H and O–H groups in total. The zero-order valence-corrected chi connectivity index (χ0v) is 13.7. The van der Waals surface area contributed by atoms with Gasteiger partial charge in [0.05, 0.1) is 18.7 Å². The first kappa shape index (κ1) is 16.7. The molecule has 1 aromatic carbocycles. The highest BCUT2D eigenvalue weighted by molar-refractivity contribution is 7.09. The summed E-state index contributed by atoms with van der Waals surface area (Å²) in [6.07, 6.45) is 0.230. The van der Waals surface area contributed by atoms with Crippen molar-refractivity contribution in [1.29, 1.82) is 0 Å². The molecular weight excluding hydrogens is 324 g/mol. The number of hydrogen-bond donors (Lipinski definition) is 1. The van der Waals surface area contributed by atoms with Crippen LogP contribution in [0.4, 0.5) is 0 Å². The fourth-order valence-electron chi connectivity index (χ4n) is 1.74. The van der Waals surface area contributed by atoms with Gasteiger partial charge in [-0.15, -0.1) is 11.3 Å². The van der Waals surface area contributed by atoms with Gasteiger partial charge < -0.3 is 14.7 Å². The van der Waals surface area contributed by atoms with E-state index >= 15 is 0 Å². The van der Waals surface area contributed by atoms with E-state index in [0.717, 1.165) is 16.5 Å². The summed E-state index contributed by atoms with van der Waals surface area (Å²) in [4.78, 5) is 17.7. The van der Waals surface area contributed by atoms with Gasteiger partial charge in [-0.3, -0.25) is 4.79 Å². The standard InChI is InChI=1S/C15H17ClN2O3S/c1-18(6-7-19)15(20)8-12-10-22-14(17-12)9-21-13-4-2-11(16)3-5-13/h2-5,10,19H,6-9H2,1H3. The molecule has 0 aliphatic rings. The molecule has 0 aliphatic heterocycles. The maximum absolute atomic E-state index is 11.9. The van der Waals surface area contributed by atoms with E-state index in [0.29, 0.717) is 18.2 Å². The summed E-state index contributed by atoms with van der Waals surface area (Å²) in [5.74, 6) is 0.657. The Morgan fingerprint density at radius 1 is 1.41 bits per heavy atom. The smallest absolute Gasteiger partial charge is 0.228 e. The van der Waals surface area contributed by atoms with Crippen molar-refractivity contribution >= 4 is 28.8 Å². The molecule has 0 unspecified atom stereocenters. The number of nitrogens with zero attached hydrogens (tertiary/aromatic N) is 2. The van der Waals surface area contributed by atoms with Gasteiger partial charge in [0.25, 0.3) is 0 Å². The number of aliphatic hydroxyl groups is 1. The summed E-state index contributed by atoms with van der Waals surface area (Å²) in [6, 6.07) is 7.12. The minimum absolute atomic E-state index is 0.0422. The summed E-state index contributed by atoms with van der Waals surface area (Å²) in [6.45, 7) is 0.641. The third-order valence-corrected chi connectivity index (χ3v) is 4.09. The molecule has 0 fully saturated rings. The summed E-state index contributed by atoms with van der Waals surface area (Å²) in [5.41, 5.74) is 0.717. The minimum Gasteiger partial charge on any atom is -0.486 e. The van der Waals surface area contributed by atoms with Crippen molar-refractivity contribution in [3.8, 4) is 5.75 Å². The Labute approximate surface area is 138 Å². The summed E-state index contributed by atoms with van der Waals surface area (Å²) in [5, 5.41) is 12.1. The first-order valence-electron chi connectivity index (χ1n) is 6.75. The molecule has 0 radical (unpaired) electrons. The van der Waals surface area contributed by atoms with Crippen molar-refractivity contribution in [2.24, 2.45) is 0 Å². The van der Waals surface area contributed by atoms with Gasteiger partial charge in [-0.05, 0) is 24.3 Å². The van der Waals surface area contributed by atoms with Crippen LogP contribution in [0.5, 0.6) is 5.75 Å². The number of benzene rings is 1. The lowest BCUT2D eigenvalue weighted by atomic mass is 10.3. The topological polar surface area (TPSA) is 62.7 Å². The van der Waals surface area contributed by atoms with Crippen LogP contribution >= 0.6 is 22.9 Å². The van der Waals surface area contributed by atoms with Gasteiger partial charge in [-0.2, -0.15) is 0 Å². The van der Waals surface area contributed by atoms with Gasteiger partial charge in [-0.25, -0.2) is 4.98 Å². The quantitative estimate of drug-likeness (QED) is 0.840. The van der Waals surface area contributed by atoms with E-state index in [4.69, 9.17) is 21.4 Å². The average molecular weight is 341 g/mol. The molecule has 22 heavy (non-hydrogen) atoms. The first-order chi connectivity index (χ1) is 10.6. The van der Waals surface area contributed by atoms with Gasteiger partial charge in [0.15, 0.2) is 0 Å². The molecule has 0 spiro atoms. The monoisotopic (exact) mass is 340 g/mol. The van der Waals surface area contributed by atoms with Crippen LogP contribution in [-0.2, 0) is 17.8 Å². The fourth-order valence-corrected chi connectivity index (χ4v) is 2.57. The molecule has 0 saturated heterocycles. The van der Waals surface area contributed by atoms with Gasteiger partial charge in [0, 0.05) is 24.0 Å². The van der Waals surface area contributed by atoms with E-state index in [1.165, 1.54) is 16.2 Å². The second kappa shape index (κ2) is 8.12. The number of aliphatic hydroxyl groups excluding tert-OH is 1. The Morgan fingerprint density at radius 2 is 2.14 bits per heavy atom. The van der Waals surface area contributed by atoms with Crippen molar-refractivity contribution in [1.82, 2.24) is 9.88 Å². The molecular formula is C15H17ClN2O3S. The first-order valence-corrected chi connectivity index (χ1v) is 8.00. The molecule has 1 amide bonds. The van der Waals surface area contributed by atoms with Crippen LogP contribution in [0.1, 0.15) is 10.7 Å². The lowest BCUT2D eigenvalue weighted by Gasteiger charge is -2.14. The molecule has 0 aliphatic carbocycles. The molecule has 1 aromatic heterocycles. The van der Waals surface area contributed by atoms with Crippen LogP contribution in [0.25, 0.3) is 0 Å². The number of hydrogen-bond acceptors (Lipinski definition) is 5. The Balaban J connectivity index is 1.86. The minimum atomic E-state index is -0.0653. The SMILES string of the molecule is CN(CCO)C(=O)Cc1csc(COc2ccc(Cl)cc2)n1. The second-order valence-electron chi connectivity index (χ2n) is 4.69. The van der Waals surface area contributed by atoms with Crippen LogP contribution in [0.3, 0.4) is 0 Å². The Bertz CT molecular complexity index is 616. The van der Waals surface area contributed by atoms with E-state index < -0.39 is 0 Å². The molecule has 0 saturated carbocycles. The molecule has 1 heterocycles. The van der Waals surface area contributed by atoms with Gasteiger partial charge in [0.2, 0.25) is 5.91 Å². The van der Waals surface area contributed by atoms with Crippen molar-refractivity contribution in [2.45, 2.75) is 13.0 Å². The van der Waals surface area contributed by atoms with Crippen molar-refractivity contribution in [3.05, 3.63) is 45.4 Å². The fraction of sp³-hybridized carbons (Fsp3) is 0.333. The number of ether oxygens (including phenoxy) is 1. The van der Waals surface area contributed by atoms with Gasteiger partial charge in [-0.1, -0.05) is 11.6 Å². The van der Waals surface area contributed by atoms with Crippen LogP contribution in [0, 0.1) is 0 Å². The Kier molecular flexibility index (Phi) is 6.18. The van der Waals surface area contributed by atoms with Crippen molar-refractivity contribution in [3.63, 3.8) is 0 Å².